The normalized spacial score (nSPS) is 11.0. The average molecular weight is 471 g/mol. The molecule has 0 saturated heterocycles. The van der Waals surface area contributed by atoms with Crippen molar-refractivity contribution >= 4 is 44.9 Å². The van der Waals surface area contributed by atoms with E-state index < -0.39 is 0 Å². The fourth-order valence-electron chi connectivity index (χ4n) is 4.34. The Kier molecular flexibility index (Phi) is 5.56. The Hall–Kier alpha value is -5.04. The summed E-state index contributed by atoms with van der Waals surface area (Å²) in [5, 5.41) is 18.2. The molecule has 0 aliphatic carbocycles. The van der Waals surface area contributed by atoms with Crippen LogP contribution in [0.2, 0.25) is 0 Å². The minimum Gasteiger partial charge on any atom is -0.326 e. The fourth-order valence-corrected chi connectivity index (χ4v) is 4.34. The van der Waals surface area contributed by atoms with Gasteiger partial charge in [-0.1, -0.05) is 60.7 Å². The summed E-state index contributed by atoms with van der Waals surface area (Å²) in [5.74, 6) is 1.92. The number of fused-ring (bicyclic) bond motifs is 2. The number of para-hydroxylation sites is 2. The molecule has 1 amide bonds. The minimum atomic E-state index is -0.0719. The highest BCUT2D eigenvalue weighted by atomic mass is 16.1. The van der Waals surface area contributed by atoms with Crippen molar-refractivity contribution in [2.45, 2.75) is 6.42 Å². The molecular formula is C29H22N6O. The Labute approximate surface area is 207 Å². The van der Waals surface area contributed by atoms with E-state index in [0.29, 0.717) is 11.6 Å². The second-order valence-electron chi connectivity index (χ2n) is 8.41. The summed E-state index contributed by atoms with van der Waals surface area (Å²) in [6, 6.07) is 31.3. The molecule has 3 heterocycles. The lowest BCUT2D eigenvalue weighted by Crippen LogP contribution is -2.14. The van der Waals surface area contributed by atoms with Crippen LogP contribution in [0.5, 0.6) is 0 Å². The van der Waals surface area contributed by atoms with Gasteiger partial charge in [0.2, 0.25) is 5.91 Å². The van der Waals surface area contributed by atoms with Crippen LogP contribution >= 0.6 is 0 Å². The standard InChI is InChI=1S/C29H22N6O/c36-28(31-22-9-2-1-3-10-22)18-21-19-35(25-13-7-6-11-23(21)25)27-15-14-26(33-34-27)32-29-24-12-5-4-8-20(24)16-17-30-29/h1-17,19H,18H2,(H,31,36)(H,30,32,33). The molecule has 0 spiro atoms. The lowest BCUT2D eigenvalue weighted by atomic mass is 10.1. The van der Waals surface area contributed by atoms with E-state index in [1.807, 2.05) is 108 Å². The Bertz CT molecular complexity index is 1670. The van der Waals surface area contributed by atoms with Crippen molar-refractivity contribution in [3.8, 4) is 5.82 Å². The number of carbonyl (C=O) groups excluding carboxylic acids is 1. The maximum Gasteiger partial charge on any atom is 0.228 e. The summed E-state index contributed by atoms with van der Waals surface area (Å²) in [4.78, 5) is 17.2. The molecule has 3 aromatic heterocycles. The molecule has 0 radical (unpaired) electrons. The first-order valence-electron chi connectivity index (χ1n) is 11.6. The third kappa shape index (κ3) is 4.25. The molecule has 0 unspecified atom stereocenters. The SMILES string of the molecule is O=C(Cc1cn(-c2ccc(Nc3nccc4ccccc34)nn2)c2ccccc12)Nc1ccccc1. The predicted molar refractivity (Wildman–Crippen MR) is 143 cm³/mol. The molecule has 174 valence electrons. The lowest BCUT2D eigenvalue weighted by Gasteiger charge is -2.08. The summed E-state index contributed by atoms with van der Waals surface area (Å²) < 4.78 is 1.97. The fraction of sp³-hybridized carbons (Fsp3) is 0.0345. The van der Waals surface area contributed by atoms with Crippen LogP contribution in [0.1, 0.15) is 5.56 Å². The Morgan fingerprint density at radius 1 is 0.778 bits per heavy atom. The van der Waals surface area contributed by atoms with Gasteiger partial charge in [0.15, 0.2) is 11.6 Å². The number of hydrogen-bond acceptors (Lipinski definition) is 5. The van der Waals surface area contributed by atoms with E-state index in [2.05, 4.69) is 25.8 Å². The number of aromatic nitrogens is 4. The molecule has 6 aromatic rings. The lowest BCUT2D eigenvalue weighted by molar-refractivity contribution is -0.115. The molecule has 0 aliphatic heterocycles. The van der Waals surface area contributed by atoms with Crippen LogP contribution in [0.15, 0.2) is 109 Å². The van der Waals surface area contributed by atoms with E-state index in [1.54, 1.807) is 6.20 Å². The average Bonchev–Trinajstić information content (AvgIpc) is 3.28. The number of rotatable bonds is 6. The van der Waals surface area contributed by atoms with Crippen LogP contribution in [0.3, 0.4) is 0 Å². The maximum atomic E-state index is 12.7. The van der Waals surface area contributed by atoms with Crippen LogP contribution in [-0.2, 0) is 11.2 Å². The second kappa shape index (κ2) is 9.31. The van der Waals surface area contributed by atoms with Crippen molar-refractivity contribution in [3.63, 3.8) is 0 Å². The number of benzene rings is 3. The largest absolute Gasteiger partial charge is 0.326 e. The molecular weight excluding hydrogens is 448 g/mol. The van der Waals surface area contributed by atoms with Gasteiger partial charge < -0.3 is 10.6 Å². The Morgan fingerprint density at radius 2 is 1.56 bits per heavy atom. The van der Waals surface area contributed by atoms with E-state index >= 15 is 0 Å². The second-order valence-corrected chi connectivity index (χ2v) is 8.41. The van der Waals surface area contributed by atoms with Gasteiger partial charge in [0.05, 0.1) is 11.9 Å². The molecule has 36 heavy (non-hydrogen) atoms. The molecule has 6 rings (SSSR count). The summed E-state index contributed by atoms with van der Waals surface area (Å²) in [5.41, 5.74) is 2.66. The zero-order valence-corrected chi connectivity index (χ0v) is 19.3. The van der Waals surface area contributed by atoms with E-state index in [1.165, 1.54) is 0 Å². The van der Waals surface area contributed by atoms with Crippen LogP contribution in [-0.4, -0.2) is 25.7 Å². The van der Waals surface area contributed by atoms with Gasteiger partial charge in [-0.25, -0.2) is 4.98 Å². The molecule has 0 fully saturated rings. The Morgan fingerprint density at radius 3 is 2.39 bits per heavy atom. The number of nitrogens with zero attached hydrogens (tertiary/aromatic N) is 4. The third-order valence-corrected chi connectivity index (χ3v) is 6.02. The number of nitrogens with one attached hydrogen (secondary N) is 2. The van der Waals surface area contributed by atoms with Crippen molar-refractivity contribution in [2.24, 2.45) is 0 Å². The molecule has 3 aromatic carbocycles. The van der Waals surface area contributed by atoms with Gasteiger partial charge in [0, 0.05) is 28.9 Å². The van der Waals surface area contributed by atoms with Gasteiger partial charge in [-0.2, -0.15) is 0 Å². The monoisotopic (exact) mass is 470 g/mol. The predicted octanol–water partition coefficient (Wildman–Crippen LogP) is 5.89. The number of amides is 1. The van der Waals surface area contributed by atoms with E-state index in [4.69, 9.17) is 0 Å². The topological polar surface area (TPSA) is 84.7 Å². The molecule has 0 saturated carbocycles. The van der Waals surface area contributed by atoms with Crippen LogP contribution in [0.4, 0.5) is 17.3 Å². The summed E-state index contributed by atoms with van der Waals surface area (Å²) in [6.07, 6.45) is 3.98. The molecule has 0 atom stereocenters. The first-order valence-corrected chi connectivity index (χ1v) is 11.6. The first-order chi connectivity index (χ1) is 17.7. The summed E-state index contributed by atoms with van der Waals surface area (Å²) in [6.45, 7) is 0. The number of anilines is 3. The van der Waals surface area contributed by atoms with Gasteiger partial charge in [0.25, 0.3) is 0 Å². The van der Waals surface area contributed by atoms with Crippen molar-refractivity contribution in [3.05, 3.63) is 115 Å². The highest BCUT2D eigenvalue weighted by Gasteiger charge is 2.14. The van der Waals surface area contributed by atoms with Crippen LogP contribution in [0.25, 0.3) is 27.5 Å². The van der Waals surface area contributed by atoms with Crippen molar-refractivity contribution in [1.82, 2.24) is 19.7 Å². The smallest absolute Gasteiger partial charge is 0.228 e. The van der Waals surface area contributed by atoms with Crippen molar-refractivity contribution in [2.75, 3.05) is 10.6 Å². The first kappa shape index (κ1) is 21.5. The molecule has 0 aliphatic rings. The summed E-state index contributed by atoms with van der Waals surface area (Å²) >= 11 is 0. The highest BCUT2D eigenvalue weighted by molar-refractivity contribution is 5.96. The molecule has 2 N–H and O–H groups in total. The van der Waals surface area contributed by atoms with Gasteiger partial charge >= 0.3 is 0 Å². The van der Waals surface area contributed by atoms with E-state index in [0.717, 1.165) is 38.7 Å². The highest BCUT2D eigenvalue weighted by Crippen LogP contribution is 2.26. The van der Waals surface area contributed by atoms with Gasteiger partial charge in [-0.05, 0) is 47.3 Å². The molecule has 0 bridgehead atoms. The molecule has 7 heteroatoms. The van der Waals surface area contributed by atoms with Crippen molar-refractivity contribution < 1.29 is 4.79 Å². The summed E-state index contributed by atoms with van der Waals surface area (Å²) in [7, 11) is 0. The maximum absolute atomic E-state index is 12.7. The number of hydrogen-bond donors (Lipinski definition) is 2. The van der Waals surface area contributed by atoms with Gasteiger partial charge in [0.1, 0.15) is 5.82 Å². The zero-order chi connectivity index (χ0) is 24.3. The van der Waals surface area contributed by atoms with E-state index in [-0.39, 0.29) is 12.3 Å². The minimum absolute atomic E-state index is 0.0719. The van der Waals surface area contributed by atoms with Gasteiger partial charge in [-0.15, -0.1) is 10.2 Å². The van der Waals surface area contributed by atoms with Crippen molar-refractivity contribution in [1.29, 1.82) is 0 Å². The number of carbonyl (C=O) groups is 1. The quantitative estimate of drug-likeness (QED) is 0.317. The van der Waals surface area contributed by atoms with Crippen LogP contribution < -0.4 is 10.6 Å². The molecule has 7 nitrogen and oxygen atoms in total. The number of pyridine rings is 1. The van der Waals surface area contributed by atoms with Gasteiger partial charge in [-0.3, -0.25) is 9.36 Å². The third-order valence-electron chi connectivity index (χ3n) is 6.02. The van der Waals surface area contributed by atoms with E-state index in [9.17, 15) is 4.79 Å². The Balaban J connectivity index is 1.27. The zero-order valence-electron chi connectivity index (χ0n) is 19.3. The van der Waals surface area contributed by atoms with Crippen LogP contribution in [0, 0.1) is 0 Å².